The monoisotopic (exact) mass is 646 g/mol. The van der Waals surface area contributed by atoms with Crippen LogP contribution < -0.4 is 10.6 Å². The Morgan fingerprint density at radius 1 is 0.696 bits per heavy atom. The Labute approximate surface area is 278 Å². The lowest BCUT2D eigenvalue weighted by Gasteiger charge is -2.15. The Morgan fingerprint density at radius 3 is 1.98 bits per heavy atom. The van der Waals surface area contributed by atoms with Crippen LogP contribution in [-0.2, 0) is 23.9 Å². The van der Waals surface area contributed by atoms with Crippen LogP contribution in [0.15, 0.2) is 48.6 Å². The fourth-order valence-corrected chi connectivity index (χ4v) is 4.58. The van der Waals surface area contributed by atoms with Crippen molar-refractivity contribution in [2.45, 2.75) is 148 Å². The van der Waals surface area contributed by atoms with Gasteiger partial charge in [0.1, 0.15) is 12.1 Å². The van der Waals surface area contributed by atoms with E-state index in [2.05, 4.69) is 67.0 Å². The van der Waals surface area contributed by atoms with Crippen molar-refractivity contribution < 1.29 is 34.1 Å². The molecule has 46 heavy (non-hydrogen) atoms. The van der Waals surface area contributed by atoms with Crippen LogP contribution in [0.2, 0.25) is 0 Å². The van der Waals surface area contributed by atoms with E-state index in [-0.39, 0.29) is 30.9 Å². The largest absolute Gasteiger partial charge is 0.480 e. The van der Waals surface area contributed by atoms with E-state index in [0.717, 1.165) is 83.5 Å². The number of aliphatic hydroxyl groups is 1. The number of unbranched alkanes of at least 4 members (excludes halogenated alkanes) is 10. The first-order valence-corrected chi connectivity index (χ1v) is 17.5. The summed E-state index contributed by atoms with van der Waals surface area (Å²) in [4.78, 5) is 47.2. The quantitative estimate of drug-likeness (QED) is 0.0366. The predicted octanol–water partition coefficient (Wildman–Crippen LogP) is 7.25. The van der Waals surface area contributed by atoms with Gasteiger partial charge in [0.2, 0.25) is 11.8 Å². The van der Waals surface area contributed by atoms with Crippen molar-refractivity contribution in [1.82, 2.24) is 10.6 Å². The highest BCUT2D eigenvalue weighted by Gasteiger charge is 2.18. The summed E-state index contributed by atoms with van der Waals surface area (Å²) < 4.78 is 5.83. The number of carboxylic acids is 1. The van der Waals surface area contributed by atoms with Gasteiger partial charge in [-0.25, -0.2) is 4.79 Å². The summed E-state index contributed by atoms with van der Waals surface area (Å²) in [6.45, 7) is 3.27. The van der Waals surface area contributed by atoms with Gasteiger partial charge in [-0.3, -0.25) is 14.4 Å². The maximum Gasteiger partial charge on any atom is 0.328 e. The van der Waals surface area contributed by atoms with Gasteiger partial charge in [0.05, 0.1) is 13.2 Å². The van der Waals surface area contributed by atoms with Crippen LogP contribution in [0, 0.1) is 0 Å². The second kappa shape index (κ2) is 31.8. The van der Waals surface area contributed by atoms with Crippen molar-refractivity contribution in [1.29, 1.82) is 0 Å². The highest BCUT2D eigenvalue weighted by atomic mass is 16.5. The maximum absolute atomic E-state index is 12.6. The number of allylic oxidation sites excluding steroid dienone is 7. The van der Waals surface area contributed by atoms with E-state index in [9.17, 15) is 19.2 Å². The van der Waals surface area contributed by atoms with Crippen LogP contribution in [0.25, 0.3) is 0 Å². The van der Waals surface area contributed by atoms with Gasteiger partial charge in [-0.1, -0.05) is 94.9 Å². The van der Waals surface area contributed by atoms with Gasteiger partial charge >= 0.3 is 11.9 Å². The molecule has 0 bridgehead atoms. The summed E-state index contributed by atoms with van der Waals surface area (Å²) in [5.41, 5.74) is 0. The summed E-state index contributed by atoms with van der Waals surface area (Å²) in [6.07, 6.45) is 34.5. The molecule has 0 rings (SSSR count). The maximum atomic E-state index is 12.6. The van der Waals surface area contributed by atoms with Crippen molar-refractivity contribution in [3.8, 4) is 0 Å². The number of carbonyl (C=O) groups excluding carboxylic acids is 3. The average molecular weight is 647 g/mol. The highest BCUT2D eigenvalue weighted by molar-refractivity contribution is 5.87. The molecule has 0 aromatic heterocycles. The van der Waals surface area contributed by atoms with Crippen LogP contribution in [0.3, 0.4) is 0 Å². The lowest BCUT2D eigenvalue weighted by atomic mass is 10.1. The number of aliphatic carboxylic acids is 1. The summed E-state index contributed by atoms with van der Waals surface area (Å²) in [5.74, 6) is -2.45. The molecule has 0 aliphatic heterocycles. The molecule has 0 saturated heterocycles. The van der Waals surface area contributed by atoms with Crippen LogP contribution in [0.5, 0.6) is 0 Å². The number of hydrogen-bond acceptors (Lipinski definition) is 6. The van der Waals surface area contributed by atoms with Crippen molar-refractivity contribution in [2.75, 3.05) is 13.2 Å². The topological polar surface area (TPSA) is 142 Å². The van der Waals surface area contributed by atoms with Crippen molar-refractivity contribution >= 4 is 23.8 Å². The van der Waals surface area contributed by atoms with Crippen LogP contribution in [-0.4, -0.2) is 59.3 Å². The van der Waals surface area contributed by atoms with E-state index in [4.69, 9.17) is 14.9 Å². The van der Waals surface area contributed by atoms with Crippen molar-refractivity contribution in [3.63, 3.8) is 0 Å². The van der Waals surface area contributed by atoms with Crippen molar-refractivity contribution in [3.05, 3.63) is 48.6 Å². The van der Waals surface area contributed by atoms with Gasteiger partial charge in [0.25, 0.3) is 0 Å². The first-order valence-electron chi connectivity index (χ1n) is 17.5. The number of aliphatic hydroxyl groups excluding tert-OH is 1. The van der Waals surface area contributed by atoms with E-state index in [1.807, 2.05) is 6.08 Å². The molecule has 9 heteroatoms. The number of amides is 2. The summed E-state index contributed by atoms with van der Waals surface area (Å²) in [7, 11) is 0. The minimum atomic E-state index is -1.39. The third-order valence-corrected chi connectivity index (χ3v) is 7.29. The molecule has 262 valence electrons. The Balaban J connectivity index is 4.31. The van der Waals surface area contributed by atoms with Gasteiger partial charge in [-0.2, -0.15) is 0 Å². The van der Waals surface area contributed by atoms with Gasteiger partial charge in [0, 0.05) is 12.8 Å². The number of esters is 1. The normalized spacial score (nSPS) is 13.1. The molecular formula is C37H62N2O7. The zero-order valence-electron chi connectivity index (χ0n) is 28.6. The zero-order valence-corrected chi connectivity index (χ0v) is 28.6. The molecule has 0 fully saturated rings. The Hall–Kier alpha value is -3.20. The molecular weight excluding hydrogens is 584 g/mol. The number of carbonyl (C=O) groups is 4. The third-order valence-electron chi connectivity index (χ3n) is 7.29. The first-order chi connectivity index (χ1) is 22.3. The lowest BCUT2D eigenvalue weighted by Crippen LogP contribution is -2.47. The average Bonchev–Trinajstić information content (AvgIpc) is 3.03. The summed E-state index contributed by atoms with van der Waals surface area (Å²) in [6, 6.07) is -1.39. The SMILES string of the molecule is CC/C=C\C/C=C\C/C=C\CCCCCC(=O)OC(/C=C\CCCCCC)CCCCCCC(=O)NCC(=O)NC(CO)C(=O)O. The number of carboxylic acid groups (broad SMARTS) is 1. The van der Waals surface area contributed by atoms with Crippen molar-refractivity contribution in [2.24, 2.45) is 0 Å². The molecule has 0 aromatic carbocycles. The fourth-order valence-electron chi connectivity index (χ4n) is 4.58. The number of ether oxygens (including phenoxy) is 1. The number of rotatable bonds is 30. The van der Waals surface area contributed by atoms with E-state index in [0.29, 0.717) is 12.8 Å². The number of nitrogens with one attached hydrogen (secondary N) is 2. The Bertz CT molecular complexity index is 927. The van der Waals surface area contributed by atoms with Crippen LogP contribution in [0.4, 0.5) is 0 Å². The molecule has 2 atom stereocenters. The molecule has 9 nitrogen and oxygen atoms in total. The molecule has 4 N–H and O–H groups in total. The fraction of sp³-hybridized carbons (Fsp3) is 0.676. The lowest BCUT2D eigenvalue weighted by molar-refractivity contribution is -0.147. The van der Waals surface area contributed by atoms with Gasteiger partial charge in [-0.05, 0) is 76.7 Å². The molecule has 0 spiro atoms. The van der Waals surface area contributed by atoms with Crippen LogP contribution >= 0.6 is 0 Å². The Morgan fingerprint density at radius 2 is 1.30 bits per heavy atom. The Kier molecular flexibility index (Phi) is 29.6. The second-order valence-corrected chi connectivity index (χ2v) is 11.6. The van der Waals surface area contributed by atoms with Gasteiger partial charge < -0.3 is 25.6 Å². The minimum absolute atomic E-state index is 0.146. The van der Waals surface area contributed by atoms with E-state index in [1.165, 1.54) is 19.3 Å². The standard InChI is InChI=1S/C37H62N2O7/c1-3-5-7-9-11-12-13-14-15-16-17-19-25-29-36(43)46-32(26-22-18-10-8-6-4-2)27-23-20-21-24-28-34(41)38-30-35(42)39-33(31-40)37(44)45/h5,7,11-12,14-15,22,26,32-33,40H,3-4,6,8-10,13,16-21,23-25,27-31H2,1-2H3,(H,38,41)(H,39,42)(H,44,45)/b7-5-,12-11-,15-14-,26-22-. The van der Waals surface area contributed by atoms with Crippen LogP contribution in [0.1, 0.15) is 136 Å². The molecule has 0 aromatic rings. The first kappa shape index (κ1) is 42.8. The number of hydrogen-bond donors (Lipinski definition) is 4. The molecule has 2 amide bonds. The summed E-state index contributed by atoms with van der Waals surface area (Å²) in [5, 5.41) is 22.4. The molecule has 0 aliphatic carbocycles. The molecule has 2 unspecified atom stereocenters. The van der Waals surface area contributed by atoms with E-state index >= 15 is 0 Å². The third kappa shape index (κ3) is 28.3. The second-order valence-electron chi connectivity index (χ2n) is 11.6. The molecule has 0 heterocycles. The molecule has 0 aliphatic rings. The predicted molar refractivity (Wildman–Crippen MR) is 185 cm³/mol. The molecule has 0 radical (unpaired) electrons. The van der Waals surface area contributed by atoms with Gasteiger partial charge in [0.15, 0.2) is 0 Å². The summed E-state index contributed by atoms with van der Waals surface area (Å²) >= 11 is 0. The highest BCUT2D eigenvalue weighted by Crippen LogP contribution is 2.14. The van der Waals surface area contributed by atoms with E-state index < -0.39 is 24.5 Å². The van der Waals surface area contributed by atoms with Gasteiger partial charge in [-0.15, -0.1) is 0 Å². The smallest absolute Gasteiger partial charge is 0.328 e. The minimum Gasteiger partial charge on any atom is -0.480 e. The van der Waals surface area contributed by atoms with E-state index in [1.54, 1.807) is 0 Å². The molecule has 0 saturated carbocycles. The zero-order chi connectivity index (χ0) is 34.1.